The molecule has 3 atom stereocenters. The zero-order valence-electron chi connectivity index (χ0n) is 18.8. The van der Waals surface area contributed by atoms with Crippen LogP contribution in [-0.2, 0) is 16.0 Å². The first kappa shape index (κ1) is 22.8. The van der Waals surface area contributed by atoms with E-state index in [-0.39, 0.29) is 11.8 Å². The lowest BCUT2D eigenvalue weighted by molar-refractivity contribution is -0.124. The lowest BCUT2D eigenvalue weighted by atomic mass is 9.78. The first-order valence-electron chi connectivity index (χ1n) is 11.6. The monoisotopic (exact) mass is 414 g/mol. The van der Waals surface area contributed by atoms with Crippen LogP contribution in [0.3, 0.4) is 0 Å². The number of nitrogens with zero attached hydrogens (tertiary/aromatic N) is 2. The maximum absolute atomic E-state index is 12.5. The van der Waals surface area contributed by atoms with E-state index in [2.05, 4.69) is 41.2 Å². The molecular formula is C24H38N4O2. The second-order valence-corrected chi connectivity index (χ2v) is 9.05. The quantitative estimate of drug-likeness (QED) is 0.720. The third-order valence-electron chi connectivity index (χ3n) is 6.92. The molecule has 1 aliphatic heterocycles. The van der Waals surface area contributed by atoms with E-state index in [9.17, 15) is 9.59 Å². The molecule has 3 rings (SSSR count). The van der Waals surface area contributed by atoms with Crippen molar-refractivity contribution in [2.75, 3.05) is 44.6 Å². The van der Waals surface area contributed by atoms with Crippen molar-refractivity contribution >= 4 is 17.5 Å². The second-order valence-electron chi connectivity index (χ2n) is 9.05. The molecule has 1 aliphatic carbocycles. The molecule has 2 fully saturated rings. The average molecular weight is 415 g/mol. The number of carbonyl (C=O) groups excluding carboxylic acids is 2. The Balaban J connectivity index is 1.38. The molecule has 0 bridgehead atoms. The predicted octanol–water partition coefficient (Wildman–Crippen LogP) is 2.75. The van der Waals surface area contributed by atoms with Crippen molar-refractivity contribution in [2.24, 2.45) is 11.8 Å². The van der Waals surface area contributed by atoms with E-state index in [4.69, 9.17) is 0 Å². The molecule has 1 heterocycles. The summed E-state index contributed by atoms with van der Waals surface area (Å²) in [5, 5.41) is 6.32. The number of para-hydroxylation sites is 1. The minimum Gasteiger partial charge on any atom is -0.352 e. The number of benzene rings is 1. The number of piperazine rings is 1. The van der Waals surface area contributed by atoms with Crippen molar-refractivity contribution in [2.45, 2.75) is 52.5 Å². The third-order valence-corrected chi connectivity index (χ3v) is 6.92. The maximum Gasteiger partial charge on any atom is 0.238 e. The number of aryl methyl sites for hydroxylation is 1. The Morgan fingerprint density at radius 2 is 1.60 bits per heavy atom. The van der Waals surface area contributed by atoms with E-state index in [1.165, 1.54) is 12.8 Å². The van der Waals surface area contributed by atoms with Crippen LogP contribution in [0.2, 0.25) is 0 Å². The number of nitrogens with one attached hydrogen (secondary N) is 2. The second kappa shape index (κ2) is 10.9. The molecule has 1 saturated heterocycles. The minimum absolute atomic E-state index is 0.0301. The summed E-state index contributed by atoms with van der Waals surface area (Å²) in [5.41, 5.74) is 2.06. The van der Waals surface area contributed by atoms with E-state index >= 15 is 0 Å². The molecule has 1 aromatic rings. The summed E-state index contributed by atoms with van der Waals surface area (Å²) in [6.07, 6.45) is 4.48. The van der Waals surface area contributed by atoms with Crippen LogP contribution in [0.1, 0.15) is 45.6 Å². The lowest BCUT2D eigenvalue weighted by Gasteiger charge is -2.36. The highest BCUT2D eigenvalue weighted by atomic mass is 16.2. The fourth-order valence-corrected chi connectivity index (χ4v) is 4.69. The Morgan fingerprint density at radius 1 is 0.967 bits per heavy atom. The zero-order chi connectivity index (χ0) is 21.5. The third kappa shape index (κ3) is 6.29. The van der Waals surface area contributed by atoms with Gasteiger partial charge in [-0.05, 0) is 36.3 Å². The van der Waals surface area contributed by atoms with Crippen molar-refractivity contribution in [1.29, 1.82) is 0 Å². The van der Waals surface area contributed by atoms with Gasteiger partial charge >= 0.3 is 0 Å². The van der Waals surface area contributed by atoms with Gasteiger partial charge < -0.3 is 10.6 Å². The van der Waals surface area contributed by atoms with Gasteiger partial charge in [0.2, 0.25) is 11.8 Å². The lowest BCUT2D eigenvalue weighted by Crippen LogP contribution is -2.52. The number of rotatable bonds is 7. The summed E-state index contributed by atoms with van der Waals surface area (Å²) in [7, 11) is 0. The topological polar surface area (TPSA) is 64.7 Å². The van der Waals surface area contributed by atoms with Gasteiger partial charge in [-0.1, -0.05) is 51.8 Å². The first-order valence-corrected chi connectivity index (χ1v) is 11.6. The Kier molecular flexibility index (Phi) is 8.28. The SMILES string of the molecule is CCc1ccccc1NC(=O)CN1CCN(CC(=O)N[C@H]2CCC[C@H](C)[C@@H]2C)CC1. The van der Waals surface area contributed by atoms with Gasteiger partial charge in [0.25, 0.3) is 0 Å². The summed E-state index contributed by atoms with van der Waals surface area (Å²) < 4.78 is 0. The standard InChI is InChI=1S/C24H38N4O2/c1-4-20-9-5-6-10-22(20)26-24(30)17-28-14-12-27(13-15-28)16-23(29)25-21-11-7-8-18(2)19(21)3/h5-6,9-10,18-19,21H,4,7-8,11-17H2,1-3H3,(H,25,29)(H,26,30)/t18-,19-,21-/m0/s1. The van der Waals surface area contributed by atoms with Gasteiger partial charge in [0.05, 0.1) is 13.1 Å². The Morgan fingerprint density at radius 3 is 2.27 bits per heavy atom. The van der Waals surface area contributed by atoms with Crippen molar-refractivity contribution in [1.82, 2.24) is 15.1 Å². The van der Waals surface area contributed by atoms with Crippen LogP contribution in [0, 0.1) is 11.8 Å². The van der Waals surface area contributed by atoms with Crippen LogP contribution in [0.15, 0.2) is 24.3 Å². The number of hydrogen-bond acceptors (Lipinski definition) is 4. The van der Waals surface area contributed by atoms with E-state index in [1.54, 1.807) is 0 Å². The Bertz CT molecular complexity index is 715. The first-order chi connectivity index (χ1) is 14.5. The van der Waals surface area contributed by atoms with Crippen molar-refractivity contribution in [3.05, 3.63) is 29.8 Å². The molecular weight excluding hydrogens is 376 g/mol. The van der Waals surface area contributed by atoms with Crippen molar-refractivity contribution in [3.8, 4) is 0 Å². The minimum atomic E-state index is 0.0301. The van der Waals surface area contributed by atoms with Gasteiger partial charge in [0.15, 0.2) is 0 Å². The molecule has 2 aliphatic rings. The van der Waals surface area contributed by atoms with E-state index in [0.29, 0.717) is 31.0 Å². The Hall–Kier alpha value is -1.92. The van der Waals surface area contributed by atoms with Crippen LogP contribution in [0.4, 0.5) is 5.69 Å². The highest BCUT2D eigenvalue weighted by Gasteiger charge is 2.29. The van der Waals surface area contributed by atoms with E-state index < -0.39 is 0 Å². The summed E-state index contributed by atoms with van der Waals surface area (Å²) in [6.45, 7) is 10.8. The molecule has 0 unspecified atom stereocenters. The maximum atomic E-state index is 12.5. The van der Waals surface area contributed by atoms with Crippen LogP contribution in [0.5, 0.6) is 0 Å². The summed E-state index contributed by atoms with van der Waals surface area (Å²) in [5.74, 6) is 1.41. The van der Waals surface area contributed by atoms with E-state index in [0.717, 1.165) is 50.3 Å². The molecule has 0 aromatic heterocycles. The largest absolute Gasteiger partial charge is 0.352 e. The molecule has 30 heavy (non-hydrogen) atoms. The molecule has 2 N–H and O–H groups in total. The molecule has 1 saturated carbocycles. The van der Waals surface area contributed by atoms with Gasteiger partial charge in [-0.15, -0.1) is 0 Å². The molecule has 166 valence electrons. The molecule has 6 heteroatoms. The summed E-state index contributed by atoms with van der Waals surface area (Å²) in [6, 6.07) is 8.28. The number of anilines is 1. The normalized spacial score (nSPS) is 25.6. The van der Waals surface area contributed by atoms with E-state index in [1.807, 2.05) is 24.3 Å². The highest BCUT2D eigenvalue weighted by molar-refractivity contribution is 5.93. The van der Waals surface area contributed by atoms with Gasteiger partial charge in [-0.25, -0.2) is 0 Å². The number of amides is 2. The highest BCUT2D eigenvalue weighted by Crippen LogP contribution is 2.29. The molecule has 0 spiro atoms. The van der Waals surface area contributed by atoms with Crippen molar-refractivity contribution in [3.63, 3.8) is 0 Å². The fourth-order valence-electron chi connectivity index (χ4n) is 4.69. The Labute approximate surface area is 181 Å². The predicted molar refractivity (Wildman–Crippen MR) is 121 cm³/mol. The summed E-state index contributed by atoms with van der Waals surface area (Å²) >= 11 is 0. The molecule has 1 aromatic carbocycles. The zero-order valence-corrected chi connectivity index (χ0v) is 18.8. The molecule has 6 nitrogen and oxygen atoms in total. The van der Waals surface area contributed by atoms with Crippen LogP contribution in [-0.4, -0.2) is 66.9 Å². The number of hydrogen-bond donors (Lipinski definition) is 2. The van der Waals surface area contributed by atoms with Gasteiger partial charge in [-0.2, -0.15) is 0 Å². The van der Waals surface area contributed by atoms with Gasteiger partial charge in [0.1, 0.15) is 0 Å². The van der Waals surface area contributed by atoms with Gasteiger partial charge in [-0.3, -0.25) is 19.4 Å². The number of carbonyl (C=O) groups is 2. The molecule has 2 amide bonds. The van der Waals surface area contributed by atoms with Crippen molar-refractivity contribution < 1.29 is 9.59 Å². The smallest absolute Gasteiger partial charge is 0.238 e. The fraction of sp³-hybridized carbons (Fsp3) is 0.667. The molecule has 0 radical (unpaired) electrons. The van der Waals surface area contributed by atoms with Gasteiger partial charge in [0, 0.05) is 37.9 Å². The van der Waals surface area contributed by atoms with Crippen LogP contribution >= 0.6 is 0 Å². The summed E-state index contributed by atoms with van der Waals surface area (Å²) in [4.78, 5) is 29.4. The van der Waals surface area contributed by atoms with Crippen LogP contribution in [0.25, 0.3) is 0 Å². The van der Waals surface area contributed by atoms with Crippen LogP contribution < -0.4 is 10.6 Å². The average Bonchev–Trinajstić information content (AvgIpc) is 2.73.